The molecule has 2 aromatic heterocycles. The number of aromatic amines is 1. The summed E-state index contributed by atoms with van der Waals surface area (Å²) in [5, 5.41) is 14.6. The highest BCUT2D eigenvalue weighted by molar-refractivity contribution is 5.98. The molecule has 0 fully saturated rings. The van der Waals surface area contributed by atoms with Crippen LogP contribution >= 0.6 is 0 Å². The fraction of sp³-hybridized carbons (Fsp3) is 0.0526. The van der Waals surface area contributed by atoms with Gasteiger partial charge in [0.15, 0.2) is 0 Å². The van der Waals surface area contributed by atoms with E-state index in [0.29, 0.717) is 11.2 Å². The van der Waals surface area contributed by atoms with Gasteiger partial charge in [-0.15, -0.1) is 0 Å². The van der Waals surface area contributed by atoms with Crippen molar-refractivity contribution < 1.29 is 4.79 Å². The molecule has 4 aromatic rings. The number of nitrogens with two attached hydrogens (primary N) is 1. The average molecular weight is 359 g/mol. The van der Waals surface area contributed by atoms with E-state index >= 15 is 0 Å². The van der Waals surface area contributed by atoms with E-state index in [1.54, 1.807) is 17.8 Å². The van der Waals surface area contributed by atoms with E-state index in [4.69, 9.17) is 11.1 Å². The molecular formula is C19H17N7O. The summed E-state index contributed by atoms with van der Waals surface area (Å²) in [7, 11) is 0. The van der Waals surface area contributed by atoms with Gasteiger partial charge in [-0.05, 0) is 47.9 Å². The predicted octanol–water partition coefficient (Wildman–Crippen LogP) is 3.29. The minimum absolute atomic E-state index is 0.271. The second kappa shape index (κ2) is 6.41. The number of urea groups is 1. The number of carbonyl (C=O) groups is 1. The maximum Gasteiger partial charge on any atom is 0.318 e. The smallest absolute Gasteiger partial charge is 0.318 e. The van der Waals surface area contributed by atoms with Crippen molar-refractivity contribution in [1.29, 1.82) is 5.41 Å². The third-order valence-electron chi connectivity index (χ3n) is 4.19. The molecule has 0 spiro atoms. The molecule has 2 amide bonds. The van der Waals surface area contributed by atoms with Crippen LogP contribution in [0.1, 0.15) is 12.5 Å². The van der Waals surface area contributed by atoms with E-state index in [2.05, 4.69) is 20.4 Å². The lowest BCUT2D eigenvalue weighted by molar-refractivity contribution is 0.259. The molecule has 0 aliphatic rings. The molecule has 0 unspecified atom stereocenters. The van der Waals surface area contributed by atoms with Crippen LogP contribution in [-0.2, 0) is 0 Å². The van der Waals surface area contributed by atoms with E-state index in [-0.39, 0.29) is 5.95 Å². The molecule has 2 aromatic carbocycles. The number of imidazole rings is 1. The molecule has 8 nitrogen and oxygen atoms in total. The Bertz CT molecular complexity index is 1160. The van der Waals surface area contributed by atoms with Gasteiger partial charge in [0.05, 0.1) is 11.2 Å². The number of benzene rings is 2. The van der Waals surface area contributed by atoms with Crippen molar-refractivity contribution >= 4 is 28.7 Å². The van der Waals surface area contributed by atoms with E-state index in [1.165, 1.54) is 0 Å². The molecule has 0 bridgehead atoms. The molecule has 0 atom stereocenters. The molecule has 0 aliphatic heterocycles. The first-order valence-corrected chi connectivity index (χ1v) is 8.27. The van der Waals surface area contributed by atoms with Gasteiger partial charge >= 0.3 is 6.03 Å². The van der Waals surface area contributed by atoms with Crippen LogP contribution in [0.4, 0.5) is 10.7 Å². The SMILES string of the molecule is CC(=N)c1cccc(-c2cc(-n3cccn3)c3nc(NC(N)=O)[nH]c3c2)c1. The standard InChI is InChI=1S/C19H17N7O/c1-11(20)12-4-2-5-13(8-12)14-9-15-17(24-19(23-15)25-18(21)27)16(10-14)26-7-3-6-22-26/h2-10,20H,1H3,(H4,21,23,24,25,27). The Morgan fingerprint density at radius 3 is 2.78 bits per heavy atom. The Morgan fingerprint density at radius 2 is 2.07 bits per heavy atom. The normalized spacial score (nSPS) is 10.9. The van der Waals surface area contributed by atoms with E-state index in [9.17, 15) is 4.79 Å². The van der Waals surface area contributed by atoms with Gasteiger partial charge in [-0.1, -0.05) is 18.2 Å². The molecule has 4 rings (SSSR count). The first-order chi connectivity index (χ1) is 13.0. The number of nitrogens with one attached hydrogen (secondary N) is 3. The van der Waals surface area contributed by atoms with Gasteiger partial charge in [0.25, 0.3) is 0 Å². The lowest BCUT2D eigenvalue weighted by Gasteiger charge is -2.09. The monoisotopic (exact) mass is 359 g/mol. The maximum absolute atomic E-state index is 11.2. The maximum atomic E-state index is 11.2. The summed E-state index contributed by atoms with van der Waals surface area (Å²) in [6.07, 6.45) is 3.51. The van der Waals surface area contributed by atoms with Gasteiger partial charge < -0.3 is 16.1 Å². The summed E-state index contributed by atoms with van der Waals surface area (Å²) in [6.45, 7) is 1.76. The van der Waals surface area contributed by atoms with Crippen LogP contribution in [0.3, 0.4) is 0 Å². The van der Waals surface area contributed by atoms with Gasteiger partial charge in [-0.3, -0.25) is 5.32 Å². The molecule has 5 N–H and O–H groups in total. The van der Waals surface area contributed by atoms with Crippen LogP contribution in [-0.4, -0.2) is 31.5 Å². The molecule has 0 saturated heterocycles. The van der Waals surface area contributed by atoms with E-state index in [0.717, 1.165) is 27.9 Å². The van der Waals surface area contributed by atoms with Gasteiger partial charge in [0.1, 0.15) is 5.52 Å². The molecule has 0 radical (unpaired) electrons. The summed E-state index contributed by atoms with van der Waals surface area (Å²) in [5.41, 5.74) is 10.6. The Labute approximate surface area is 154 Å². The number of hydrogen-bond donors (Lipinski definition) is 4. The summed E-state index contributed by atoms with van der Waals surface area (Å²) in [4.78, 5) is 18.7. The average Bonchev–Trinajstić information content (AvgIpc) is 3.29. The first-order valence-electron chi connectivity index (χ1n) is 8.27. The first kappa shape index (κ1) is 16.5. The van der Waals surface area contributed by atoms with Crippen molar-refractivity contribution in [2.75, 3.05) is 5.32 Å². The third-order valence-corrected chi connectivity index (χ3v) is 4.19. The van der Waals surface area contributed by atoms with Crippen LogP contribution in [0.15, 0.2) is 54.9 Å². The van der Waals surface area contributed by atoms with Crippen molar-refractivity contribution in [3.8, 4) is 16.8 Å². The molecule has 2 heterocycles. The number of nitrogens with zero attached hydrogens (tertiary/aromatic N) is 3. The van der Waals surface area contributed by atoms with Gasteiger partial charge in [-0.25, -0.2) is 14.5 Å². The number of carbonyl (C=O) groups excluding carboxylic acids is 1. The quantitative estimate of drug-likeness (QED) is 0.418. The molecule has 0 aliphatic carbocycles. The Hall–Kier alpha value is -3.94. The van der Waals surface area contributed by atoms with Crippen molar-refractivity contribution in [1.82, 2.24) is 19.7 Å². The number of primary amides is 1. The summed E-state index contributed by atoms with van der Waals surface area (Å²) < 4.78 is 1.71. The molecule has 0 saturated carbocycles. The molecule has 27 heavy (non-hydrogen) atoms. The lowest BCUT2D eigenvalue weighted by atomic mass is 10.0. The second-order valence-electron chi connectivity index (χ2n) is 6.12. The largest absolute Gasteiger partial charge is 0.351 e. The fourth-order valence-corrected chi connectivity index (χ4v) is 2.96. The predicted molar refractivity (Wildman–Crippen MR) is 104 cm³/mol. The third kappa shape index (κ3) is 3.15. The number of anilines is 1. The van der Waals surface area contributed by atoms with E-state index < -0.39 is 6.03 Å². The zero-order chi connectivity index (χ0) is 19.0. The molecule has 8 heteroatoms. The minimum Gasteiger partial charge on any atom is -0.351 e. The number of aromatic nitrogens is 4. The Morgan fingerprint density at radius 1 is 1.22 bits per heavy atom. The zero-order valence-electron chi connectivity index (χ0n) is 14.5. The summed E-state index contributed by atoms with van der Waals surface area (Å²) in [5.74, 6) is 0.271. The number of hydrogen-bond acceptors (Lipinski definition) is 4. The van der Waals surface area contributed by atoms with Crippen molar-refractivity contribution in [3.05, 3.63) is 60.4 Å². The highest BCUT2D eigenvalue weighted by Gasteiger charge is 2.14. The molecular weight excluding hydrogens is 342 g/mol. The van der Waals surface area contributed by atoms with Crippen LogP contribution in [0.25, 0.3) is 27.8 Å². The molecule has 134 valence electrons. The van der Waals surface area contributed by atoms with Crippen LogP contribution < -0.4 is 11.1 Å². The van der Waals surface area contributed by atoms with Gasteiger partial charge in [-0.2, -0.15) is 5.10 Å². The number of fused-ring (bicyclic) bond motifs is 1. The highest BCUT2D eigenvalue weighted by atomic mass is 16.2. The Balaban J connectivity index is 1.93. The summed E-state index contributed by atoms with van der Waals surface area (Å²) in [6, 6.07) is 12.8. The van der Waals surface area contributed by atoms with E-state index in [1.807, 2.05) is 48.7 Å². The van der Waals surface area contributed by atoms with Crippen LogP contribution in [0, 0.1) is 5.41 Å². The van der Waals surface area contributed by atoms with Gasteiger partial charge in [0, 0.05) is 18.1 Å². The Kier molecular flexibility index (Phi) is 3.92. The zero-order valence-corrected chi connectivity index (χ0v) is 14.5. The van der Waals surface area contributed by atoms with Crippen molar-refractivity contribution in [3.63, 3.8) is 0 Å². The summed E-state index contributed by atoms with van der Waals surface area (Å²) >= 11 is 0. The topological polar surface area (TPSA) is 125 Å². The number of rotatable bonds is 4. The number of amides is 2. The van der Waals surface area contributed by atoms with Crippen molar-refractivity contribution in [2.45, 2.75) is 6.92 Å². The van der Waals surface area contributed by atoms with Crippen molar-refractivity contribution in [2.24, 2.45) is 5.73 Å². The minimum atomic E-state index is -0.691. The second-order valence-corrected chi connectivity index (χ2v) is 6.12. The van der Waals surface area contributed by atoms with Gasteiger partial charge in [0.2, 0.25) is 5.95 Å². The van der Waals surface area contributed by atoms with Crippen LogP contribution in [0.5, 0.6) is 0 Å². The lowest BCUT2D eigenvalue weighted by Crippen LogP contribution is -2.19. The number of H-pyrrole nitrogens is 1. The highest BCUT2D eigenvalue weighted by Crippen LogP contribution is 2.30. The van der Waals surface area contributed by atoms with Crippen LogP contribution in [0.2, 0.25) is 0 Å². The fourth-order valence-electron chi connectivity index (χ4n) is 2.96.